The fourth-order valence-electron chi connectivity index (χ4n) is 7.42. The number of aryl methyl sites for hydroxylation is 1. The standard InChI is InChI=1S/C47H60FN7O6S/c1-30-42(62-29-51-30)32-17-15-31(16-18-32)27-50-45(60)39-26-36(56)28-55(39)46(61)43(47(2,3)4)54-41(58)14-12-10-8-6-5-7-9-11-13-40(57)52-35-22-19-33(20-23-35)44(59)53-38-24-21-34(48)25-37(38)49/h15-25,29,36,39,43,56H,5-14,26-28,49H2,1-4H3,(H,50,60)(H,52,57)(H,53,59)(H,54,58). The van der Waals surface area contributed by atoms with E-state index in [1.165, 1.54) is 17.0 Å². The molecule has 3 atom stereocenters. The molecule has 332 valence electrons. The van der Waals surface area contributed by atoms with Gasteiger partial charge >= 0.3 is 0 Å². The lowest BCUT2D eigenvalue weighted by Crippen LogP contribution is -2.57. The van der Waals surface area contributed by atoms with E-state index in [-0.39, 0.29) is 55.2 Å². The van der Waals surface area contributed by atoms with Gasteiger partial charge < -0.3 is 37.0 Å². The molecule has 3 unspecified atom stereocenters. The van der Waals surface area contributed by atoms with Crippen LogP contribution < -0.4 is 27.0 Å². The third-order valence-corrected chi connectivity index (χ3v) is 11.9. The van der Waals surface area contributed by atoms with Gasteiger partial charge in [0.05, 0.1) is 33.6 Å². The van der Waals surface area contributed by atoms with Gasteiger partial charge in [-0.1, -0.05) is 83.6 Å². The van der Waals surface area contributed by atoms with E-state index >= 15 is 0 Å². The third kappa shape index (κ3) is 13.9. The molecule has 1 fully saturated rings. The quantitative estimate of drug-likeness (QED) is 0.0383. The summed E-state index contributed by atoms with van der Waals surface area (Å²) in [6.07, 6.45) is 7.19. The first-order valence-corrected chi connectivity index (χ1v) is 22.3. The second kappa shape index (κ2) is 22.4. The first-order chi connectivity index (χ1) is 29.6. The molecule has 0 aliphatic carbocycles. The summed E-state index contributed by atoms with van der Waals surface area (Å²) in [5, 5.41) is 21.9. The number of carbonyl (C=O) groups excluding carboxylic acids is 5. The number of halogens is 1. The molecular formula is C47H60FN7O6S. The van der Waals surface area contributed by atoms with Crippen LogP contribution in [0.1, 0.15) is 113 Å². The highest BCUT2D eigenvalue weighted by molar-refractivity contribution is 7.13. The molecule has 0 spiro atoms. The first-order valence-electron chi connectivity index (χ1n) is 21.4. The summed E-state index contributed by atoms with van der Waals surface area (Å²) >= 11 is 1.58. The van der Waals surface area contributed by atoms with Crippen LogP contribution >= 0.6 is 11.3 Å². The fourth-order valence-corrected chi connectivity index (χ4v) is 8.23. The number of anilines is 3. The second-order valence-corrected chi connectivity index (χ2v) is 17.9. The van der Waals surface area contributed by atoms with E-state index in [1.807, 2.05) is 57.5 Å². The van der Waals surface area contributed by atoms with Crippen molar-refractivity contribution in [3.63, 3.8) is 0 Å². The number of nitrogens with two attached hydrogens (primary N) is 1. The van der Waals surface area contributed by atoms with Crippen molar-refractivity contribution in [2.45, 2.75) is 123 Å². The molecule has 62 heavy (non-hydrogen) atoms. The number of aliphatic hydroxyl groups excluding tert-OH is 1. The number of aromatic nitrogens is 1. The zero-order valence-corrected chi connectivity index (χ0v) is 36.9. The lowest BCUT2D eigenvalue weighted by Gasteiger charge is -2.35. The van der Waals surface area contributed by atoms with Gasteiger partial charge in [-0.05, 0) is 78.8 Å². The summed E-state index contributed by atoms with van der Waals surface area (Å²) in [7, 11) is 0. The van der Waals surface area contributed by atoms with E-state index in [1.54, 1.807) is 35.6 Å². The molecule has 3 aromatic carbocycles. The summed E-state index contributed by atoms with van der Waals surface area (Å²) < 4.78 is 13.3. The number of amides is 5. The minimum Gasteiger partial charge on any atom is -0.397 e. The average Bonchev–Trinajstić information content (AvgIpc) is 3.85. The monoisotopic (exact) mass is 869 g/mol. The Balaban J connectivity index is 0.944. The highest BCUT2D eigenvalue weighted by atomic mass is 32.1. The van der Waals surface area contributed by atoms with Crippen molar-refractivity contribution in [3.05, 3.63) is 94.9 Å². The molecule has 5 amide bonds. The zero-order chi connectivity index (χ0) is 44.8. The Morgan fingerprint density at radius 2 is 1.50 bits per heavy atom. The number of aliphatic hydroxyl groups is 1. The Bertz CT molecular complexity index is 2150. The van der Waals surface area contributed by atoms with Crippen LogP contribution in [0.5, 0.6) is 0 Å². The second-order valence-electron chi connectivity index (χ2n) is 17.1. The normalized spacial score (nSPS) is 15.5. The summed E-state index contributed by atoms with van der Waals surface area (Å²) in [6, 6.07) is 16.4. The molecule has 7 N–H and O–H groups in total. The van der Waals surface area contributed by atoms with Crippen LogP contribution in [0.3, 0.4) is 0 Å². The van der Waals surface area contributed by atoms with Crippen molar-refractivity contribution in [2.75, 3.05) is 22.9 Å². The van der Waals surface area contributed by atoms with E-state index in [2.05, 4.69) is 26.3 Å². The predicted octanol–water partition coefficient (Wildman–Crippen LogP) is 7.74. The van der Waals surface area contributed by atoms with Crippen LogP contribution in [0.25, 0.3) is 10.4 Å². The summed E-state index contributed by atoms with van der Waals surface area (Å²) in [5.41, 5.74) is 11.3. The van der Waals surface area contributed by atoms with Gasteiger partial charge in [-0.2, -0.15) is 0 Å². The van der Waals surface area contributed by atoms with Crippen molar-refractivity contribution in [1.29, 1.82) is 0 Å². The van der Waals surface area contributed by atoms with Crippen molar-refractivity contribution in [3.8, 4) is 10.4 Å². The van der Waals surface area contributed by atoms with E-state index < -0.39 is 35.3 Å². The van der Waals surface area contributed by atoms with Crippen LogP contribution in [0.4, 0.5) is 21.5 Å². The van der Waals surface area contributed by atoms with Gasteiger partial charge in [0.15, 0.2) is 0 Å². The maximum Gasteiger partial charge on any atom is 0.255 e. The SMILES string of the molecule is Cc1ncsc1-c1ccc(CNC(=O)C2CC(O)CN2C(=O)C(NC(=O)CCCCCCCCCCC(=O)Nc2ccc(C(=O)Nc3ccc(F)cc3N)cc2)C(C)(C)C)cc1. The third-order valence-electron chi connectivity index (χ3n) is 11.0. The van der Waals surface area contributed by atoms with Crippen LogP contribution in [0, 0.1) is 18.2 Å². The van der Waals surface area contributed by atoms with Crippen molar-refractivity contribution < 1.29 is 33.5 Å². The lowest BCUT2D eigenvalue weighted by atomic mass is 9.85. The number of nitrogens with zero attached hydrogens (tertiary/aromatic N) is 2. The number of likely N-dealkylation sites (tertiary alicyclic amines) is 1. The van der Waals surface area contributed by atoms with Gasteiger partial charge in [0.2, 0.25) is 23.6 Å². The Morgan fingerprint density at radius 1 is 0.871 bits per heavy atom. The molecule has 2 heterocycles. The van der Waals surface area contributed by atoms with Crippen LogP contribution in [-0.2, 0) is 25.7 Å². The highest BCUT2D eigenvalue weighted by Gasteiger charge is 2.44. The minimum absolute atomic E-state index is 0.0199. The molecule has 1 aliphatic heterocycles. The van der Waals surface area contributed by atoms with E-state index in [4.69, 9.17) is 5.73 Å². The zero-order valence-electron chi connectivity index (χ0n) is 36.1. The number of hydrogen-bond acceptors (Lipinski definition) is 9. The number of nitrogens with one attached hydrogen (secondary N) is 4. The molecule has 1 aromatic heterocycles. The Hall–Kier alpha value is -5.67. The molecule has 1 saturated heterocycles. The van der Waals surface area contributed by atoms with Crippen LogP contribution in [0.2, 0.25) is 0 Å². The summed E-state index contributed by atoms with van der Waals surface area (Å²) in [4.78, 5) is 72.3. The number of rotatable bonds is 20. The molecule has 0 radical (unpaired) electrons. The number of carbonyl (C=O) groups is 5. The number of benzene rings is 3. The Labute approximate surface area is 367 Å². The summed E-state index contributed by atoms with van der Waals surface area (Å²) in [6.45, 7) is 7.89. The van der Waals surface area contributed by atoms with Crippen molar-refractivity contribution >= 4 is 57.9 Å². The molecule has 13 nitrogen and oxygen atoms in total. The Kier molecular flexibility index (Phi) is 17.1. The number of thiazole rings is 1. The number of hydrogen-bond donors (Lipinski definition) is 6. The summed E-state index contributed by atoms with van der Waals surface area (Å²) in [5.74, 6) is -1.94. The van der Waals surface area contributed by atoms with Crippen LogP contribution in [0.15, 0.2) is 72.2 Å². The van der Waals surface area contributed by atoms with Gasteiger partial charge in [0.1, 0.15) is 17.9 Å². The Morgan fingerprint density at radius 3 is 2.10 bits per heavy atom. The maximum absolute atomic E-state index is 13.9. The molecular weight excluding hydrogens is 810 g/mol. The van der Waals surface area contributed by atoms with Crippen molar-refractivity contribution in [1.82, 2.24) is 20.5 Å². The molecule has 15 heteroatoms. The van der Waals surface area contributed by atoms with Crippen molar-refractivity contribution in [2.24, 2.45) is 5.41 Å². The molecule has 5 rings (SSSR count). The van der Waals surface area contributed by atoms with E-state index in [9.17, 15) is 33.5 Å². The highest BCUT2D eigenvalue weighted by Crippen LogP contribution is 2.29. The van der Waals surface area contributed by atoms with Gasteiger partial charge in [-0.25, -0.2) is 9.37 Å². The number of unbranched alkanes of at least 4 members (excludes halogenated alkanes) is 7. The van der Waals surface area contributed by atoms with E-state index in [0.29, 0.717) is 29.8 Å². The smallest absolute Gasteiger partial charge is 0.255 e. The average molecular weight is 870 g/mol. The van der Waals surface area contributed by atoms with Gasteiger partial charge in [0, 0.05) is 43.6 Å². The van der Waals surface area contributed by atoms with Gasteiger partial charge in [-0.15, -0.1) is 11.3 Å². The molecule has 0 bridgehead atoms. The van der Waals surface area contributed by atoms with Gasteiger partial charge in [-0.3, -0.25) is 24.0 Å². The fraction of sp³-hybridized carbons (Fsp3) is 0.447. The first kappa shape index (κ1) is 47.4. The molecule has 1 aliphatic rings. The largest absolute Gasteiger partial charge is 0.397 e. The molecule has 0 saturated carbocycles. The lowest BCUT2D eigenvalue weighted by molar-refractivity contribution is -0.144. The minimum atomic E-state index is -0.866. The van der Waals surface area contributed by atoms with Gasteiger partial charge in [0.25, 0.3) is 5.91 Å². The predicted molar refractivity (Wildman–Crippen MR) is 242 cm³/mol. The van der Waals surface area contributed by atoms with Crippen LogP contribution in [-0.4, -0.2) is 69.3 Å². The molecule has 4 aromatic rings. The van der Waals surface area contributed by atoms with E-state index in [0.717, 1.165) is 72.7 Å². The number of nitrogen functional groups attached to an aromatic ring is 1. The maximum atomic E-state index is 13.9. The topological polar surface area (TPSA) is 196 Å². The number of β-amino-alcohol motifs (C(OH)–C–C–N with tert-alkyl or cyclic N) is 1.